The number of ether oxygens (including phenoxy) is 2. The van der Waals surface area contributed by atoms with Gasteiger partial charge in [0.05, 0.1) is 19.2 Å². The van der Waals surface area contributed by atoms with E-state index in [1.54, 1.807) is 12.1 Å². The molecule has 0 aliphatic heterocycles. The van der Waals surface area contributed by atoms with Crippen molar-refractivity contribution in [1.29, 1.82) is 0 Å². The lowest BCUT2D eigenvalue weighted by Gasteiger charge is -2.04. The molecule has 0 atom stereocenters. The predicted octanol–water partition coefficient (Wildman–Crippen LogP) is 2.33. The number of amides is 1. The van der Waals surface area contributed by atoms with Gasteiger partial charge < -0.3 is 20.5 Å². The van der Waals surface area contributed by atoms with E-state index in [0.29, 0.717) is 16.8 Å². The second-order valence-electron chi connectivity index (χ2n) is 5.05. The zero-order valence-electron chi connectivity index (χ0n) is 13.7. The minimum absolute atomic E-state index is 0.107. The molecule has 128 valence electrons. The van der Waals surface area contributed by atoms with Crippen LogP contribution >= 0.6 is 0 Å². The van der Waals surface area contributed by atoms with Crippen molar-refractivity contribution in [2.75, 3.05) is 19.4 Å². The van der Waals surface area contributed by atoms with Crippen LogP contribution in [0, 0.1) is 11.8 Å². The van der Waals surface area contributed by atoms with Gasteiger partial charge in [0.25, 0.3) is 0 Å². The van der Waals surface area contributed by atoms with Crippen molar-refractivity contribution in [2.45, 2.75) is 6.61 Å². The van der Waals surface area contributed by atoms with E-state index in [0.717, 1.165) is 5.56 Å². The molecule has 0 aliphatic carbocycles. The molecule has 1 amide bonds. The quantitative estimate of drug-likeness (QED) is 0.507. The Morgan fingerprint density at radius 3 is 2.64 bits per heavy atom. The molecule has 0 bridgehead atoms. The summed E-state index contributed by atoms with van der Waals surface area (Å²) in [5, 5.41) is 2.53. The highest BCUT2D eigenvalue weighted by atomic mass is 16.5. The Morgan fingerprint density at radius 2 is 1.92 bits per heavy atom. The lowest BCUT2D eigenvalue weighted by atomic mass is 10.1. The van der Waals surface area contributed by atoms with Crippen molar-refractivity contribution in [2.24, 2.45) is 0 Å². The molecule has 3 N–H and O–H groups in total. The van der Waals surface area contributed by atoms with Gasteiger partial charge in [0, 0.05) is 11.3 Å². The zero-order chi connectivity index (χ0) is 18.1. The summed E-state index contributed by atoms with van der Waals surface area (Å²) in [5.41, 5.74) is 7.92. The highest BCUT2D eigenvalue weighted by Gasteiger charge is 2.06. The minimum Gasteiger partial charge on any atom is -0.465 e. The Bertz CT molecular complexity index is 807. The van der Waals surface area contributed by atoms with Crippen molar-refractivity contribution in [1.82, 2.24) is 5.32 Å². The molecule has 0 aromatic heterocycles. The third kappa shape index (κ3) is 5.92. The number of hydrogen-bond acceptors (Lipinski definition) is 5. The monoisotopic (exact) mass is 338 g/mol. The Labute approximate surface area is 145 Å². The molecule has 0 fully saturated rings. The second-order valence-corrected chi connectivity index (χ2v) is 5.05. The van der Waals surface area contributed by atoms with Crippen LogP contribution in [0.4, 0.5) is 10.5 Å². The highest BCUT2D eigenvalue weighted by Crippen LogP contribution is 2.12. The van der Waals surface area contributed by atoms with Crippen LogP contribution in [0.2, 0.25) is 0 Å². The predicted molar refractivity (Wildman–Crippen MR) is 93.7 cm³/mol. The van der Waals surface area contributed by atoms with Gasteiger partial charge in [0.2, 0.25) is 0 Å². The number of carbonyl (C=O) groups excluding carboxylic acids is 2. The van der Waals surface area contributed by atoms with Gasteiger partial charge in [0.1, 0.15) is 6.61 Å². The normalized spacial score (nSPS) is 9.48. The molecule has 2 aromatic carbocycles. The fourth-order valence-corrected chi connectivity index (χ4v) is 2.00. The maximum atomic E-state index is 11.6. The average molecular weight is 338 g/mol. The minimum atomic E-state index is -0.555. The average Bonchev–Trinajstić information content (AvgIpc) is 2.63. The van der Waals surface area contributed by atoms with E-state index in [2.05, 4.69) is 21.9 Å². The molecule has 0 unspecified atom stereocenters. The number of benzene rings is 2. The van der Waals surface area contributed by atoms with Gasteiger partial charge in [-0.3, -0.25) is 0 Å². The fourth-order valence-electron chi connectivity index (χ4n) is 2.00. The summed E-state index contributed by atoms with van der Waals surface area (Å²) in [4.78, 5) is 23.1. The molecule has 0 spiro atoms. The number of nitrogens with one attached hydrogen (secondary N) is 1. The van der Waals surface area contributed by atoms with Crippen molar-refractivity contribution in [3.63, 3.8) is 0 Å². The first kappa shape index (κ1) is 17.9. The first-order valence-corrected chi connectivity index (χ1v) is 7.51. The molecule has 0 saturated carbocycles. The zero-order valence-corrected chi connectivity index (χ0v) is 13.7. The van der Waals surface area contributed by atoms with E-state index in [-0.39, 0.29) is 13.2 Å². The number of nitrogen functional groups attached to an aromatic ring is 1. The first-order valence-electron chi connectivity index (χ1n) is 7.51. The largest absolute Gasteiger partial charge is 0.465 e. The van der Waals surface area contributed by atoms with Gasteiger partial charge in [-0.15, -0.1) is 0 Å². The van der Waals surface area contributed by atoms with Crippen LogP contribution in [0.3, 0.4) is 0 Å². The summed E-state index contributed by atoms with van der Waals surface area (Å²) >= 11 is 0. The molecule has 0 saturated heterocycles. The van der Waals surface area contributed by atoms with Crippen LogP contribution < -0.4 is 11.1 Å². The van der Waals surface area contributed by atoms with E-state index in [4.69, 9.17) is 10.5 Å². The Kier molecular flexibility index (Phi) is 6.43. The molecule has 2 rings (SSSR count). The van der Waals surface area contributed by atoms with Gasteiger partial charge in [-0.05, 0) is 23.8 Å². The van der Waals surface area contributed by atoms with Crippen LogP contribution in [-0.2, 0) is 16.1 Å². The molecule has 6 nitrogen and oxygen atoms in total. The van der Waals surface area contributed by atoms with E-state index in [9.17, 15) is 9.59 Å². The van der Waals surface area contributed by atoms with Crippen molar-refractivity contribution in [3.8, 4) is 11.8 Å². The van der Waals surface area contributed by atoms with Gasteiger partial charge in [-0.2, -0.15) is 0 Å². The van der Waals surface area contributed by atoms with E-state index in [1.807, 2.05) is 30.3 Å². The van der Waals surface area contributed by atoms with E-state index >= 15 is 0 Å². The lowest BCUT2D eigenvalue weighted by molar-refractivity contribution is 0.0600. The smallest absolute Gasteiger partial charge is 0.408 e. The van der Waals surface area contributed by atoms with Crippen LogP contribution in [0.5, 0.6) is 0 Å². The SMILES string of the molecule is COC(=O)c1cc(N)cc(C#CCNC(=O)OCc2ccccc2)c1. The third-order valence-corrected chi connectivity index (χ3v) is 3.14. The van der Waals surface area contributed by atoms with Crippen molar-refractivity contribution >= 4 is 17.7 Å². The van der Waals surface area contributed by atoms with Crippen molar-refractivity contribution < 1.29 is 19.1 Å². The number of carbonyl (C=O) groups is 2. The van der Waals surface area contributed by atoms with Crippen LogP contribution in [-0.4, -0.2) is 25.7 Å². The summed E-state index contributed by atoms with van der Waals surface area (Å²) in [6, 6.07) is 14.1. The number of methoxy groups -OCH3 is 1. The van der Waals surface area contributed by atoms with Crippen molar-refractivity contribution in [3.05, 3.63) is 65.2 Å². The number of hydrogen-bond donors (Lipinski definition) is 2. The fraction of sp³-hybridized carbons (Fsp3) is 0.158. The summed E-state index contributed by atoms with van der Waals surface area (Å²) in [6.07, 6.45) is -0.555. The van der Waals surface area contributed by atoms with Crippen LogP contribution in [0.15, 0.2) is 48.5 Å². The lowest BCUT2D eigenvalue weighted by Crippen LogP contribution is -2.24. The maximum Gasteiger partial charge on any atom is 0.408 e. The summed E-state index contributed by atoms with van der Waals surface area (Å²) in [5.74, 6) is 5.11. The van der Waals surface area contributed by atoms with E-state index < -0.39 is 12.1 Å². The van der Waals surface area contributed by atoms with Gasteiger partial charge in [-0.1, -0.05) is 42.2 Å². The highest BCUT2D eigenvalue weighted by molar-refractivity contribution is 5.90. The maximum absolute atomic E-state index is 11.6. The third-order valence-electron chi connectivity index (χ3n) is 3.14. The van der Waals surface area contributed by atoms with E-state index in [1.165, 1.54) is 13.2 Å². The van der Waals surface area contributed by atoms with Crippen LogP contribution in [0.25, 0.3) is 0 Å². The first-order chi connectivity index (χ1) is 12.1. The molecule has 0 radical (unpaired) electrons. The number of esters is 1. The molecular formula is C19H18N2O4. The van der Waals surface area contributed by atoms with Gasteiger partial charge in [0.15, 0.2) is 0 Å². The molecule has 0 aliphatic rings. The molecule has 0 heterocycles. The summed E-state index contributed by atoms with van der Waals surface area (Å²) < 4.78 is 9.72. The topological polar surface area (TPSA) is 90.6 Å². The molecular weight excluding hydrogens is 320 g/mol. The summed E-state index contributed by atoms with van der Waals surface area (Å²) in [6.45, 7) is 0.299. The number of rotatable bonds is 4. The second kappa shape index (κ2) is 8.99. The van der Waals surface area contributed by atoms with Gasteiger partial charge in [-0.25, -0.2) is 9.59 Å². The van der Waals surface area contributed by atoms with Crippen LogP contribution in [0.1, 0.15) is 21.5 Å². The molecule has 25 heavy (non-hydrogen) atoms. The Hall–Kier alpha value is -3.46. The Morgan fingerprint density at radius 1 is 1.16 bits per heavy atom. The number of anilines is 1. The number of nitrogens with two attached hydrogens (primary N) is 1. The Balaban J connectivity index is 1.85. The number of alkyl carbamates (subject to hydrolysis) is 1. The summed E-state index contributed by atoms with van der Waals surface area (Å²) in [7, 11) is 1.29. The standard InChI is InChI=1S/C19H18N2O4/c1-24-18(22)16-10-15(11-17(20)12-16)8-5-9-21-19(23)25-13-14-6-3-2-4-7-14/h2-4,6-7,10-12H,9,13,20H2,1H3,(H,21,23). The molecule has 2 aromatic rings. The van der Waals surface area contributed by atoms with Gasteiger partial charge >= 0.3 is 12.1 Å². The molecule has 6 heteroatoms.